The number of hydrogen-bond acceptors (Lipinski definition) is 4. The maximum absolute atomic E-state index is 11.9. The number of amides is 1. The Bertz CT molecular complexity index is 509. The number of thiazole rings is 1. The lowest BCUT2D eigenvalue weighted by molar-refractivity contribution is -0.117. The van der Waals surface area contributed by atoms with Crippen LogP contribution in [0.2, 0.25) is 0 Å². The summed E-state index contributed by atoms with van der Waals surface area (Å²) in [6.45, 7) is 1.88. The van der Waals surface area contributed by atoms with Crippen LogP contribution >= 0.6 is 11.3 Å². The number of nitrogens with zero attached hydrogens (tertiary/aromatic N) is 1. The Balaban J connectivity index is 2.06. The molecular formula is C12H13N3OS. The average Bonchev–Trinajstić information content (AvgIpc) is 2.75. The summed E-state index contributed by atoms with van der Waals surface area (Å²) in [5, 5.41) is 5.17. The molecule has 88 valence electrons. The lowest BCUT2D eigenvalue weighted by Gasteiger charge is -2.10. The fourth-order valence-electron chi connectivity index (χ4n) is 1.41. The Kier molecular flexibility index (Phi) is 3.51. The number of hydrogen-bond donors (Lipinski definition) is 2. The number of carbonyl (C=O) groups is 1. The second kappa shape index (κ2) is 5.07. The Morgan fingerprint density at radius 2 is 2.12 bits per heavy atom. The van der Waals surface area contributed by atoms with Crippen LogP contribution in [-0.4, -0.2) is 10.9 Å². The maximum Gasteiger partial charge on any atom is 0.247 e. The minimum Gasteiger partial charge on any atom is -0.316 e. The van der Waals surface area contributed by atoms with Gasteiger partial charge in [0, 0.05) is 5.38 Å². The summed E-state index contributed by atoms with van der Waals surface area (Å²) >= 11 is 1.39. The van der Waals surface area contributed by atoms with Crippen LogP contribution in [0.4, 0.5) is 5.13 Å². The van der Waals surface area contributed by atoms with E-state index in [-0.39, 0.29) is 5.91 Å². The summed E-state index contributed by atoms with van der Waals surface area (Å²) < 4.78 is 0. The lowest BCUT2D eigenvalue weighted by Crippen LogP contribution is -2.27. The highest BCUT2D eigenvalue weighted by Gasteiger charge is 2.16. The minimum atomic E-state index is -0.666. The number of benzene rings is 1. The van der Waals surface area contributed by atoms with Crippen LogP contribution in [0.1, 0.15) is 17.3 Å². The van der Waals surface area contributed by atoms with Crippen LogP contribution < -0.4 is 11.1 Å². The van der Waals surface area contributed by atoms with Gasteiger partial charge in [0.05, 0.1) is 5.69 Å². The highest BCUT2D eigenvalue weighted by Crippen LogP contribution is 2.17. The molecule has 1 heterocycles. The van der Waals surface area contributed by atoms with E-state index in [1.165, 1.54) is 11.3 Å². The minimum absolute atomic E-state index is 0.245. The molecular weight excluding hydrogens is 234 g/mol. The predicted molar refractivity (Wildman–Crippen MR) is 68.9 cm³/mol. The van der Waals surface area contributed by atoms with E-state index >= 15 is 0 Å². The monoisotopic (exact) mass is 247 g/mol. The summed E-state index contributed by atoms with van der Waals surface area (Å²) in [5.41, 5.74) is 7.54. The first-order valence-corrected chi connectivity index (χ1v) is 6.08. The highest BCUT2D eigenvalue weighted by atomic mass is 32.1. The van der Waals surface area contributed by atoms with E-state index in [2.05, 4.69) is 10.3 Å². The van der Waals surface area contributed by atoms with Crippen molar-refractivity contribution in [2.75, 3.05) is 5.32 Å². The lowest BCUT2D eigenvalue weighted by atomic mass is 10.1. The molecule has 1 aromatic carbocycles. The first-order valence-electron chi connectivity index (χ1n) is 5.20. The number of nitrogens with two attached hydrogens (primary N) is 1. The molecule has 1 atom stereocenters. The molecule has 0 radical (unpaired) electrons. The van der Waals surface area contributed by atoms with Crippen molar-refractivity contribution in [1.29, 1.82) is 0 Å². The zero-order valence-electron chi connectivity index (χ0n) is 9.38. The molecule has 3 N–H and O–H groups in total. The number of aromatic nitrogens is 1. The molecule has 1 unspecified atom stereocenters. The number of rotatable bonds is 3. The molecule has 1 aromatic heterocycles. The molecule has 0 saturated heterocycles. The Morgan fingerprint density at radius 1 is 1.41 bits per heavy atom. The molecule has 0 bridgehead atoms. The van der Waals surface area contributed by atoms with Gasteiger partial charge in [-0.25, -0.2) is 4.98 Å². The molecule has 2 aromatic rings. The largest absolute Gasteiger partial charge is 0.316 e. The van der Waals surface area contributed by atoms with Crippen molar-refractivity contribution in [3.63, 3.8) is 0 Å². The normalized spacial score (nSPS) is 12.1. The summed E-state index contributed by atoms with van der Waals surface area (Å²) in [5.74, 6) is -0.245. The number of nitrogens with one attached hydrogen (secondary N) is 1. The van der Waals surface area contributed by atoms with E-state index in [0.717, 1.165) is 11.3 Å². The first kappa shape index (κ1) is 11.8. The first-order chi connectivity index (χ1) is 8.16. The van der Waals surface area contributed by atoms with Crippen molar-refractivity contribution in [1.82, 2.24) is 4.98 Å². The zero-order valence-corrected chi connectivity index (χ0v) is 10.2. The summed E-state index contributed by atoms with van der Waals surface area (Å²) in [7, 11) is 0. The number of carbonyl (C=O) groups excluding carboxylic acids is 1. The Morgan fingerprint density at radius 3 is 2.71 bits per heavy atom. The summed E-state index contributed by atoms with van der Waals surface area (Å²) in [6.07, 6.45) is 0. The van der Waals surface area contributed by atoms with Crippen molar-refractivity contribution in [3.05, 3.63) is 47.0 Å². The van der Waals surface area contributed by atoms with Crippen LogP contribution in [0.5, 0.6) is 0 Å². The number of anilines is 1. The molecule has 0 aliphatic rings. The number of aryl methyl sites for hydroxylation is 1. The van der Waals surface area contributed by atoms with E-state index in [9.17, 15) is 4.79 Å². The molecule has 17 heavy (non-hydrogen) atoms. The van der Waals surface area contributed by atoms with Crippen molar-refractivity contribution < 1.29 is 4.79 Å². The molecule has 1 amide bonds. The van der Waals surface area contributed by atoms with Gasteiger partial charge in [-0.05, 0) is 12.5 Å². The van der Waals surface area contributed by atoms with Crippen molar-refractivity contribution in [2.24, 2.45) is 5.73 Å². The van der Waals surface area contributed by atoms with Gasteiger partial charge in [0.1, 0.15) is 6.04 Å². The molecule has 0 aliphatic carbocycles. The van der Waals surface area contributed by atoms with Crippen molar-refractivity contribution in [2.45, 2.75) is 13.0 Å². The third-order valence-corrected chi connectivity index (χ3v) is 3.17. The topological polar surface area (TPSA) is 68.0 Å². The van der Waals surface area contributed by atoms with Gasteiger partial charge in [0.25, 0.3) is 0 Å². The predicted octanol–water partition coefficient (Wildman–Crippen LogP) is 2.09. The molecule has 2 rings (SSSR count). The molecule has 0 spiro atoms. The highest BCUT2D eigenvalue weighted by molar-refractivity contribution is 7.13. The van der Waals surface area contributed by atoms with Crippen molar-refractivity contribution >= 4 is 22.4 Å². The molecule has 0 saturated carbocycles. The fourth-order valence-corrected chi connectivity index (χ4v) is 2.10. The van der Waals surface area contributed by atoms with Crippen molar-refractivity contribution in [3.8, 4) is 0 Å². The van der Waals surface area contributed by atoms with Gasteiger partial charge in [-0.2, -0.15) is 0 Å². The van der Waals surface area contributed by atoms with Gasteiger partial charge >= 0.3 is 0 Å². The summed E-state index contributed by atoms with van der Waals surface area (Å²) in [6, 6.07) is 8.60. The molecule has 4 nitrogen and oxygen atoms in total. The Hall–Kier alpha value is -1.72. The van der Waals surface area contributed by atoms with E-state index in [1.807, 2.05) is 42.6 Å². The Labute approximate surface area is 103 Å². The molecule has 0 fully saturated rings. The van der Waals surface area contributed by atoms with Gasteiger partial charge in [-0.15, -0.1) is 11.3 Å². The van der Waals surface area contributed by atoms with Gasteiger partial charge in [0.15, 0.2) is 5.13 Å². The van der Waals surface area contributed by atoms with Crippen LogP contribution in [0.25, 0.3) is 0 Å². The standard InChI is InChI=1S/C12H13N3OS/c1-8-7-17-12(14-8)15-11(16)10(13)9-5-3-2-4-6-9/h2-7,10H,13H2,1H3,(H,14,15,16). The maximum atomic E-state index is 11.9. The zero-order chi connectivity index (χ0) is 12.3. The average molecular weight is 247 g/mol. The SMILES string of the molecule is Cc1csc(NC(=O)C(N)c2ccccc2)n1. The third-order valence-electron chi connectivity index (χ3n) is 2.29. The quantitative estimate of drug-likeness (QED) is 0.872. The van der Waals surface area contributed by atoms with Crippen LogP contribution in [0.15, 0.2) is 35.7 Å². The second-order valence-electron chi connectivity index (χ2n) is 3.67. The fraction of sp³-hybridized carbons (Fsp3) is 0.167. The third kappa shape index (κ3) is 2.89. The van der Waals surface area contributed by atoms with Gasteiger partial charge in [-0.3, -0.25) is 4.79 Å². The van der Waals surface area contributed by atoms with Gasteiger partial charge in [0.2, 0.25) is 5.91 Å². The molecule has 5 heteroatoms. The summed E-state index contributed by atoms with van der Waals surface area (Å²) in [4.78, 5) is 16.0. The van der Waals surface area contributed by atoms with E-state index in [1.54, 1.807) is 0 Å². The smallest absolute Gasteiger partial charge is 0.247 e. The van der Waals surface area contributed by atoms with E-state index in [4.69, 9.17) is 5.73 Å². The van der Waals surface area contributed by atoms with Crippen LogP contribution in [0.3, 0.4) is 0 Å². The van der Waals surface area contributed by atoms with Crippen LogP contribution in [0, 0.1) is 6.92 Å². The molecule has 0 aliphatic heterocycles. The van der Waals surface area contributed by atoms with Gasteiger partial charge in [-0.1, -0.05) is 30.3 Å². The van der Waals surface area contributed by atoms with E-state index < -0.39 is 6.04 Å². The van der Waals surface area contributed by atoms with E-state index in [0.29, 0.717) is 5.13 Å². The van der Waals surface area contributed by atoms with Crippen LogP contribution in [-0.2, 0) is 4.79 Å². The van der Waals surface area contributed by atoms with Gasteiger partial charge < -0.3 is 11.1 Å². The second-order valence-corrected chi connectivity index (χ2v) is 4.53.